The molecule has 0 bridgehead atoms. The van der Waals surface area contributed by atoms with E-state index >= 15 is 4.39 Å². The second kappa shape index (κ2) is 11.2. The molecule has 0 spiro atoms. The highest BCUT2D eigenvalue weighted by Crippen LogP contribution is 2.38. The van der Waals surface area contributed by atoms with Crippen molar-refractivity contribution in [3.63, 3.8) is 0 Å². The van der Waals surface area contributed by atoms with Crippen molar-refractivity contribution in [3.8, 4) is 22.6 Å². The fraction of sp³-hybridized carbons (Fsp3) is 0.379. The summed E-state index contributed by atoms with van der Waals surface area (Å²) < 4.78 is 76.6. The highest BCUT2D eigenvalue weighted by Gasteiger charge is 2.23. The first kappa shape index (κ1) is 25.2. The Morgan fingerprint density at radius 1 is 0.714 bits per heavy atom. The van der Waals surface area contributed by atoms with E-state index in [1.54, 1.807) is 12.1 Å². The van der Waals surface area contributed by atoms with Gasteiger partial charge in [0.2, 0.25) is 0 Å². The molecule has 0 aliphatic heterocycles. The van der Waals surface area contributed by atoms with Gasteiger partial charge in [0.1, 0.15) is 11.6 Å². The number of hydrogen-bond acceptors (Lipinski definition) is 1. The molecule has 1 aliphatic rings. The van der Waals surface area contributed by atoms with Crippen molar-refractivity contribution >= 4 is 0 Å². The summed E-state index contributed by atoms with van der Waals surface area (Å²) in [5, 5.41) is 0. The van der Waals surface area contributed by atoms with Crippen molar-refractivity contribution in [2.75, 3.05) is 0 Å². The predicted molar refractivity (Wildman–Crippen MR) is 127 cm³/mol. The van der Waals surface area contributed by atoms with E-state index in [4.69, 9.17) is 4.74 Å². The average molecular weight is 489 g/mol. The summed E-state index contributed by atoms with van der Waals surface area (Å²) in [6.45, 7) is 2.20. The molecule has 0 saturated heterocycles. The highest BCUT2D eigenvalue weighted by atomic mass is 19.2. The van der Waals surface area contributed by atoms with Gasteiger partial charge < -0.3 is 4.74 Å². The Kier molecular flexibility index (Phi) is 8.09. The third kappa shape index (κ3) is 5.85. The van der Waals surface area contributed by atoms with Crippen molar-refractivity contribution in [1.29, 1.82) is 0 Å². The fourth-order valence-electron chi connectivity index (χ4n) is 5.07. The molecule has 1 aliphatic carbocycles. The van der Waals surface area contributed by atoms with Crippen LogP contribution in [0.15, 0.2) is 48.5 Å². The second-order valence-electron chi connectivity index (χ2n) is 9.40. The Hall–Kier alpha value is -2.89. The van der Waals surface area contributed by atoms with Crippen LogP contribution in [0.4, 0.5) is 22.0 Å². The first-order valence-electron chi connectivity index (χ1n) is 12.3. The van der Waals surface area contributed by atoms with Crippen molar-refractivity contribution in [3.05, 3.63) is 83.2 Å². The van der Waals surface area contributed by atoms with Crippen molar-refractivity contribution in [2.24, 2.45) is 11.8 Å². The zero-order chi connectivity index (χ0) is 24.9. The minimum atomic E-state index is -1.57. The van der Waals surface area contributed by atoms with Crippen LogP contribution in [-0.2, 0) is 6.42 Å². The van der Waals surface area contributed by atoms with Crippen LogP contribution in [0.3, 0.4) is 0 Å². The SMILES string of the molecule is CCCC1CCC(CCc2c(F)ccc(Oc3ccccc3-c3cc(F)c(F)c(F)c3)c2F)CC1. The lowest BCUT2D eigenvalue weighted by Gasteiger charge is -2.28. The van der Waals surface area contributed by atoms with Crippen LogP contribution in [0.2, 0.25) is 0 Å². The van der Waals surface area contributed by atoms with Crippen LogP contribution in [0.5, 0.6) is 11.5 Å². The van der Waals surface area contributed by atoms with Gasteiger partial charge in [-0.1, -0.05) is 63.6 Å². The van der Waals surface area contributed by atoms with Crippen molar-refractivity contribution in [2.45, 2.75) is 58.3 Å². The normalized spacial score (nSPS) is 18.0. The number of benzene rings is 3. The smallest absolute Gasteiger partial charge is 0.194 e. The molecule has 3 aromatic rings. The molecule has 0 aromatic heterocycles. The Labute approximate surface area is 202 Å². The van der Waals surface area contributed by atoms with E-state index in [1.165, 1.54) is 49.9 Å². The van der Waals surface area contributed by atoms with Gasteiger partial charge in [0.25, 0.3) is 0 Å². The second-order valence-corrected chi connectivity index (χ2v) is 9.40. The molecule has 0 unspecified atom stereocenters. The summed E-state index contributed by atoms with van der Waals surface area (Å²) in [6.07, 6.45) is 7.93. The molecule has 1 saturated carbocycles. The average Bonchev–Trinajstić information content (AvgIpc) is 2.85. The van der Waals surface area contributed by atoms with Crippen molar-refractivity contribution < 1.29 is 26.7 Å². The standard InChI is InChI=1S/C29H29F5O/c1-2-5-18-8-10-19(11-9-18)12-13-22-23(30)14-15-27(28(22)33)35-26-7-4-3-6-21(26)20-16-24(31)29(34)25(32)17-20/h3-4,6-7,14-19H,2,5,8-13H2,1H3. The summed E-state index contributed by atoms with van der Waals surface area (Å²) in [4.78, 5) is 0. The molecule has 0 radical (unpaired) electrons. The maximum atomic E-state index is 15.3. The largest absolute Gasteiger partial charge is 0.454 e. The first-order valence-corrected chi connectivity index (χ1v) is 12.3. The molecule has 1 nitrogen and oxygen atoms in total. The number of para-hydroxylation sites is 1. The highest BCUT2D eigenvalue weighted by molar-refractivity contribution is 5.71. The van der Waals surface area contributed by atoms with E-state index in [9.17, 15) is 17.6 Å². The van der Waals surface area contributed by atoms with Gasteiger partial charge >= 0.3 is 0 Å². The summed E-state index contributed by atoms with van der Waals surface area (Å²) in [5.41, 5.74) is 0.271. The molecule has 0 amide bonds. The minimum Gasteiger partial charge on any atom is -0.454 e. The zero-order valence-electron chi connectivity index (χ0n) is 19.7. The van der Waals surface area contributed by atoms with Crippen LogP contribution in [0.1, 0.15) is 57.4 Å². The monoisotopic (exact) mass is 488 g/mol. The molecule has 6 heteroatoms. The maximum Gasteiger partial charge on any atom is 0.194 e. The van der Waals surface area contributed by atoms with Gasteiger partial charge in [0, 0.05) is 11.1 Å². The molecule has 4 rings (SSSR count). The van der Waals surface area contributed by atoms with Gasteiger partial charge in [-0.3, -0.25) is 0 Å². The van der Waals surface area contributed by atoms with Crippen LogP contribution < -0.4 is 4.74 Å². The van der Waals surface area contributed by atoms with E-state index < -0.39 is 29.1 Å². The van der Waals surface area contributed by atoms with Crippen LogP contribution in [0, 0.1) is 40.9 Å². The minimum absolute atomic E-state index is 0.0190. The Morgan fingerprint density at radius 3 is 2.00 bits per heavy atom. The van der Waals surface area contributed by atoms with Gasteiger partial charge in [-0.15, -0.1) is 0 Å². The molecule has 186 valence electrons. The van der Waals surface area contributed by atoms with Crippen LogP contribution >= 0.6 is 0 Å². The molecule has 3 aromatic carbocycles. The summed E-state index contributed by atoms with van der Waals surface area (Å²) in [6, 6.07) is 10.3. The molecule has 35 heavy (non-hydrogen) atoms. The number of halogens is 5. The van der Waals surface area contributed by atoms with E-state index in [0.29, 0.717) is 12.3 Å². The first-order chi connectivity index (χ1) is 16.9. The number of rotatable bonds is 8. The Bertz CT molecular complexity index is 1140. The summed E-state index contributed by atoms with van der Waals surface area (Å²) in [7, 11) is 0. The number of ether oxygens (including phenoxy) is 1. The zero-order valence-corrected chi connectivity index (χ0v) is 19.7. The van der Waals surface area contributed by atoms with E-state index in [0.717, 1.165) is 30.9 Å². The van der Waals surface area contributed by atoms with Crippen LogP contribution in [0.25, 0.3) is 11.1 Å². The molecular weight excluding hydrogens is 459 g/mol. The maximum absolute atomic E-state index is 15.3. The third-order valence-corrected chi connectivity index (χ3v) is 7.02. The lowest BCUT2D eigenvalue weighted by Crippen LogP contribution is -2.15. The molecule has 0 N–H and O–H groups in total. The lowest BCUT2D eigenvalue weighted by molar-refractivity contribution is 0.251. The van der Waals surface area contributed by atoms with E-state index in [1.807, 2.05) is 0 Å². The van der Waals surface area contributed by atoms with Gasteiger partial charge in [-0.05, 0) is 60.6 Å². The van der Waals surface area contributed by atoms with Gasteiger partial charge in [-0.2, -0.15) is 0 Å². The van der Waals surface area contributed by atoms with Gasteiger partial charge in [-0.25, -0.2) is 22.0 Å². The van der Waals surface area contributed by atoms with Gasteiger partial charge in [0.05, 0.1) is 0 Å². The molecule has 0 heterocycles. The van der Waals surface area contributed by atoms with E-state index in [2.05, 4.69) is 6.92 Å². The van der Waals surface area contributed by atoms with Gasteiger partial charge in [0.15, 0.2) is 29.0 Å². The quantitative estimate of drug-likeness (QED) is 0.227. The Balaban J connectivity index is 1.52. The number of hydrogen-bond donors (Lipinski definition) is 0. The lowest BCUT2D eigenvalue weighted by atomic mass is 9.78. The summed E-state index contributed by atoms with van der Waals surface area (Å²) in [5.74, 6) is -4.49. The Morgan fingerprint density at radius 2 is 1.34 bits per heavy atom. The van der Waals surface area contributed by atoms with Crippen LogP contribution in [-0.4, -0.2) is 0 Å². The molecule has 1 fully saturated rings. The predicted octanol–water partition coefficient (Wildman–Crippen LogP) is 9.38. The van der Waals surface area contributed by atoms with Crippen molar-refractivity contribution in [1.82, 2.24) is 0 Å². The topological polar surface area (TPSA) is 9.23 Å². The third-order valence-electron chi connectivity index (χ3n) is 7.02. The summed E-state index contributed by atoms with van der Waals surface area (Å²) >= 11 is 0. The van der Waals surface area contributed by atoms with E-state index in [-0.39, 0.29) is 34.6 Å². The fourth-order valence-corrected chi connectivity index (χ4v) is 5.07. The molecule has 0 atom stereocenters. The molecular formula is C29H29F5O.